The Labute approximate surface area is 96.4 Å². The van der Waals surface area contributed by atoms with Crippen LogP contribution in [0, 0.1) is 0 Å². The molecule has 4 heteroatoms. The molecule has 0 spiro atoms. The number of nitrogens with one attached hydrogen (secondary N) is 2. The van der Waals surface area contributed by atoms with Gasteiger partial charge in [0.25, 0.3) is 0 Å². The number of carbonyl (C=O) groups is 2. The van der Waals surface area contributed by atoms with E-state index in [-0.39, 0.29) is 0 Å². The maximum absolute atomic E-state index is 10.8. The predicted octanol–water partition coefficient (Wildman–Crippen LogP) is -1.05. The highest BCUT2D eigenvalue weighted by Gasteiger charge is 2.43. The van der Waals surface area contributed by atoms with Gasteiger partial charge < -0.3 is 10.2 Å². The molecule has 0 aromatic heterocycles. The predicted molar refractivity (Wildman–Crippen MR) is 60.5 cm³/mol. The summed E-state index contributed by atoms with van der Waals surface area (Å²) >= 11 is 0. The first kappa shape index (κ1) is 11.7. The van der Waals surface area contributed by atoms with Gasteiger partial charge in [0.05, 0.1) is 25.9 Å². The van der Waals surface area contributed by atoms with Crippen LogP contribution in [0.4, 0.5) is 0 Å². The molecule has 0 bridgehead atoms. The molecule has 3 saturated heterocycles. The second-order valence-corrected chi connectivity index (χ2v) is 4.86. The van der Waals surface area contributed by atoms with Crippen molar-refractivity contribution in [3.05, 3.63) is 0 Å². The zero-order chi connectivity index (χ0) is 11.4. The van der Waals surface area contributed by atoms with E-state index in [1.165, 1.54) is 11.4 Å². The molecule has 0 aromatic rings. The molecule has 90 valence electrons. The maximum atomic E-state index is 10.8. The van der Waals surface area contributed by atoms with E-state index in [1.807, 2.05) is 0 Å². The summed E-state index contributed by atoms with van der Waals surface area (Å²) in [6.45, 7) is 4.27. The molecular formula is C12H21N2O2+. The highest BCUT2D eigenvalue weighted by molar-refractivity contribution is 5.84. The van der Waals surface area contributed by atoms with E-state index in [1.54, 1.807) is 0 Å². The van der Waals surface area contributed by atoms with Crippen LogP contribution in [0.15, 0.2) is 0 Å². The first-order valence-electron chi connectivity index (χ1n) is 6.37. The Bertz CT molecular complexity index is 268. The van der Waals surface area contributed by atoms with Crippen molar-refractivity contribution in [3.8, 4) is 0 Å². The summed E-state index contributed by atoms with van der Waals surface area (Å²) in [7, 11) is 0. The lowest BCUT2D eigenvalue weighted by atomic mass is 10.0. The largest absolute Gasteiger partial charge is 0.326 e. The normalized spacial score (nSPS) is 33.2. The smallest absolute Gasteiger partial charge is 0.195 e. The summed E-state index contributed by atoms with van der Waals surface area (Å²) in [6.07, 6.45) is 4.56. The van der Waals surface area contributed by atoms with E-state index < -0.39 is 0 Å². The summed E-state index contributed by atoms with van der Waals surface area (Å²) in [4.78, 5) is 23.0. The molecule has 2 unspecified atom stereocenters. The Morgan fingerprint density at radius 1 is 1.06 bits per heavy atom. The van der Waals surface area contributed by atoms with E-state index in [0.717, 1.165) is 51.7 Å². The Kier molecular flexibility index (Phi) is 4.07. The van der Waals surface area contributed by atoms with Crippen molar-refractivity contribution in [1.82, 2.24) is 5.32 Å². The number of hydrogen-bond acceptors (Lipinski definition) is 3. The number of carbonyl (C=O) groups excluding carboxylic acids is 2. The van der Waals surface area contributed by atoms with E-state index in [4.69, 9.17) is 0 Å². The Morgan fingerprint density at radius 3 is 2.50 bits per heavy atom. The number of hydrogen-bond donors (Lipinski definition) is 2. The molecule has 2 N–H and O–H groups in total. The van der Waals surface area contributed by atoms with Crippen LogP contribution in [0.3, 0.4) is 0 Å². The fourth-order valence-corrected chi connectivity index (χ4v) is 2.53. The van der Waals surface area contributed by atoms with Crippen LogP contribution in [0.5, 0.6) is 0 Å². The van der Waals surface area contributed by atoms with Crippen LogP contribution in [-0.2, 0) is 9.59 Å². The lowest BCUT2D eigenvalue weighted by molar-refractivity contribution is -0.947. The second kappa shape index (κ2) is 5.55. The van der Waals surface area contributed by atoms with Gasteiger partial charge in [0.2, 0.25) is 0 Å². The first-order valence-corrected chi connectivity index (χ1v) is 6.37. The van der Waals surface area contributed by atoms with Crippen molar-refractivity contribution in [2.45, 2.75) is 38.1 Å². The van der Waals surface area contributed by atoms with Crippen LogP contribution in [0.1, 0.15) is 32.1 Å². The summed E-state index contributed by atoms with van der Waals surface area (Å²) < 4.78 is 0. The van der Waals surface area contributed by atoms with Gasteiger partial charge >= 0.3 is 0 Å². The van der Waals surface area contributed by atoms with Crippen molar-refractivity contribution < 1.29 is 14.5 Å². The molecule has 0 saturated carbocycles. The van der Waals surface area contributed by atoms with Crippen molar-refractivity contribution in [2.24, 2.45) is 0 Å². The topological polar surface area (TPSA) is 50.6 Å². The minimum absolute atomic E-state index is 0.412. The minimum Gasteiger partial charge on any atom is -0.326 e. The lowest BCUT2D eigenvalue weighted by Gasteiger charge is -2.28. The number of quaternary nitrogens is 1. The molecule has 3 rings (SSSR count). The molecule has 16 heavy (non-hydrogen) atoms. The minimum atomic E-state index is 0.412. The third-order valence-electron chi connectivity index (χ3n) is 3.72. The molecule has 4 nitrogen and oxygen atoms in total. The quantitative estimate of drug-likeness (QED) is 0.553. The first-order chi connectivity index (χ1) is 7.77. The van der Waals surface area contributed by atoms with Crippen LogP contribution < -0.4 is 10.2 Å². The van der Waals surface area contributed by atoms with Gasteiger partial charge in [-0.2, -0.15) is 0 Å². The summed E-state index contributed by atoms with van der Waals surface area (Å²) in [6, 6.07) is 0.440. The number of fused-ring (bicyclic) bond motifs is 1. The molecule has 3 heterocycles. The van der Waals surface area contributed by atoms with E-state index in [9.17, 15) is 9.59 Å². The molecule has 3 aliphatic rings. The van der Waals surface area contributed by atoms with Gasteiger partial charge in [-0.3, -0.25) is 9.59 Å². The second-order valence-electron chi connectivity index (χ2n) is 4.86. The zero-order valence-corrected chi connectivity index (χ0v) is 9.76. The van der Waals surface area contributed by atoms with Gasteiger partial charge in [0.1, 0.15) is 5.78 Å². The average molecular weight is 225 g/mol. The third kappa shape index (κ3) is 2.89. The van der Waals surface area contributed by atoms with Gasteiger partial charge in [0, 0.05) is 19.4 Å². The highest BCUT2D eigenvalue weighted by Crippen LogP contribution is 2.05. The van der Waals surface area contributed by atoms with Crippen LogP contribution in [0.25, 0.3) is 0 Å². The van der Waals surface area contributed by atoms with Crippen molar-refractivity contribution in [3.63, 3.8) is 0 Å². The van der Waals surface area contributed by atoms with Gasteiger partial charge in [-0.1, -0.05) is 0 Å². The highest BCUT2D eigenvalue weighted by atomic mass is 16.1. The van der Waals surface area contributed by atoms with E-state index >= 15 is 0 Å². The monoisotopic (exact) mass is 225 g/mol. The number of rotatable bonds is 0. The standard InChI is InChI=1S/C6H9NO.C6H11NO/c8-6-2-4-7-3-1-5(6)7;8-6-2-1-4-7-5-3-6/h5H,1-4H2;7H,1-5H2/p+1. The molecule has 3 aliphatic heterocycles. The van der Waals surface area contributed by atoms with Gasteiger partial charge in [-0.25, -0.2) is 0 Å². The van der Waals surface area contributed by atoms with Gasteiger partial charge in [-0.05, 0) is 13.0 Å². The molecule has 0 aliphatic carbocycles. The van der Waals surface area contributed by atoms with Crippen molar-refractivity contribution in [1.29, 1.82) is 0 Å². The van der Waals surface area contributed by atoms with Crippen molar-refractivity contribution in [2.75, 3.05) is 26.2 Å². The summed E-state index contributed by atoms with van der Waals surface area (Å²) in [5.41, 5.74) is 0. The van der Waals surface area contributed by atoms with Crippen LogP contribution in [0.2, 0.25) is 0 Å². The number of Topliss-reactive ketones (excluding diaryl/α,β-unsaturated/α-hetero) is 2. The molecule has 3 fully saturated rings. The molecular weight excluding hydrogens is 204 g/mol. The molecule has 2 atom stereocenters. The van der Waals surface area contributed by atoms with E-state index in [2.05, 4.69) is 5.32 Å². The zero-order valence-electron chi connectivity index (χ0n) is 9.76. The Balaban J connectivity index is 0.000000120. The number of ketones is 2. The third-order valence-corrected chi connectivity index (χ3v) is 3.72. The summed E-state index contributed by atoms with van der Waals surface area (Å²) in [5.74, 6) is 0.918. The fraction of sp³-hybridized carbons (Fsp3) is 0.833. The van der Waals surface area contributed by atoms with Crippen molar-refractivity contribution >= 4 is 11.6 Å². The van der Waals surface area contributed by atoms with Gasteiger partial charge in [0.15, 0.2) is 11.8 Å². The maximum Gasteiger partial charge on any atom is 0.195 e. The molecule has 0 aromatic carbocycles. The van der Waals surface area contributed by atoms with Gasteiger partial charge in [-0.15, -0.1) is 0 Å². The molecule has 0 amide bonds. The average Bonchev–Trinajstić information content (AvgIpc) is 2.44. The Morgan fingerprint density at radius 2 is 1.94 bits per heavy atom. The Hall–Kier alpha value is -0.740. The van der Waals surface area contributed by atoms with E-state index in [0.29, 0.717) is 17.6 Å². The summed E-state index contributed by atoms with van der Waals surface area (Å²) in [5, 5.41) is 3.16. The molecule has 0 radical (unpaired) electrons. The van der Waals surface area contributed by atoms with Crippen LogP contribution in [-0.4, -0.2) is 43.8 Å². The fourth-order valence-electron chi connectivity index (χ4n) is 2.53. The lowest BCUT2D eigenvalue weighted by Crippen LogP contribution is -3.20. The van der Waals surface area contributed by atoms with Crippen LogP contribution >= 0.6 is 0 Å². The SMILES string of the molecule is O=C1CCCNCC1.O=C1CC[NH+]2CCC12.